The van der Waals surface area contributed by atoms with Crippen molar-refractivity contribution in [1.82, 2.24) is 20.0 Å². The molecule has 2 heterocycles. The Bertz CT molecular complexity index is 374. The summed E-state index contributed by atoms with van der Waals surface area (Å²) >= 11 is 0. The first-order chi connectivity index (χ1) is 11.7. The predicted octanol–water partition coefficient (Wildman–Crippen LogP) is -0.0634. The molecule has 2 aliphatic rings. The van der Waals surface area contributed by atoms with Crippen LogP contribution in [0.5, 0.6) is 0 Å². The van der Waals surface area contributed by atoms with Gasteiger partial charge in [0.25, 0.3) is 0 Å². The Balaban J connectivity index is 1.80. The Hall–Kier alpha value is -0.890. The summed E-state index contributed by atoms with van der Waals surface area (Å²) in [5.74, 6) is 1.06. The van der Waals surface area contributed by atoms with E-state index in [1.54, 1.807) is 7.11 Å². The van der Waals surface area contributed by atoms with Crippen molar-refractivity contribution in [3.63, 3.8) is 0 Å². The SMILES string of the molecule is CCNC(=NCCN(C)CCOC)N1CCC(N2CCOCC2)C1. The van der Waals surface area contributed by atoms with Crippen molar-refractivity contribution in [1.29, 1.82) is 0 Å². The maximum atomic E-state index is 5.47. The average Bonchev–Trinajstić information content (AvgIpc) is 3.10. The van der Waals surface area contributed by atoms with E-state index in [1.807, 2.05) is 0 Å². The molecule has 24 heavy (non-hydrogen) atoms. The molecule has 2 rings (SSSR count). The van der Waals surface area contributed by atoms with Gasteiger partial charge < -0.3 is 24.6 Å². The Labute approximate surface area is 147 Å². The maximum absolute atomic E-state index is 5.47. The van der Waals surface area contributed by atoms with Crippen molar-refractivity contribution in [3.05, 3.63) is 0 Å². The van der Waals surface area contributed by atoms with Crippen molar-refractivity contribution < 1.29 is 9.47 Å². The number of nitrogens with one attached hydrogen (secondary N) is 1. The number of nitrogens with zero attached hydrogens (tertiary/aromatic N) is 4. The molecule has 0 amide bonds. The number of ether oxygens (including phenoxy) is 2. The Kier molecular flexibility index (Phi) is 8.80. The summed E-state index contributed by atoms with van der Waals surface area (Å²) in [6, 6.07) is 0.641. The lowest BCUT2D eigenvalue weighted by Crippen LogP contribution is -2.46. The van der Waals surface area contributed by atoms with E-state index in [0.717, 1.165) is 78.1 Å². The molecule has 1 unspecified atom stereocenters. The summed E-state index contributed by atoms with van der Waals surface area (Å²) in [6.45, 7) is 12.6. The molecule has 0 spiro atoms. The van der Waals surface area contributed by atoms with Gasteiger partial charge in [-0.2, -0.15) is 0 Å². The first kappa shape index (κ1) is 19.4. The van der Waals surface area contributed by atoms with Crippen LogP contribution in [0, 0.1) is 0 Å². The molecular formula is C17H35N5O2. The number of likely N-dealkylation sites (tertiary alicyclic amines) is 1. The third kappa shape index (κ3) is 6.20. The standard InChI is InChI=1S/C17H35N5O2/c1-4-18-17(19-6-8-20(2)9-12-23-3)22-7-5-16(15-22)21-10-13-24-14-11-21/h16H,4-15H2,1-3H3,(H,18,19). The molecule has 1 N–H and O–H groups in total. The van der Waals surface area contributed by atoms with E-state index in [-0.39, 0.29) is 0 Å². The van der Waals surface area contributed by atoms with Crippen molar-refractivity contribution >= 4 is 5.96 Å². The zero-order chi connectivity index (χ0) is 17.2. The van der Waals surface area contributed by atoms with Crippen molar-refractivity contribution in [2.75, 3.05) is 86.3 Å². The molecule has 0 aliphatic carbocycles. The first-order valence-corrected chi connectivity index (χ1v) is 9.27. The fourth-order valence-electron chi connectivity index (χ4n) is 3.29. The molecule has 0 aromatic heterocycles. The van der Waals surface area contributed by atoms with Gasteiger partial charge in [-0.3, -0.25) is 9.89 Å². The van der Waals surface area contributed by atoms with E-state index < -0.39 is 0 Å². The number of morpholine rings is 1. The second-order valence-corrected chi connectivity index (χ2v) is 6.57. The van der Waals surface area contributed by atoms with Gasteiger partial charge in [-0.05, 0) is 20.4 Å². The van der Waals surface area contributed by atoms with E-state index in [0.29, 0.717) is 6.04 Å². The molecule has 0 aromatic carbocycles. The van der Waals surface area contributed by atoms with Crippen LogP contribution in [0.3, 0.4) is 0 Å². The highest BCUT2D eigenvalue weighted by molar-refractivity contribution is 5.80. The molecule has 2 aliphatic heterocycles. The summed E-state index contributed by atoms with van der Waals surface area (Å²) in [6.07, 6.45) is 1.22. The van der Waals surface area contributed by atoms with Gasteiger partial charge in [0.2, 0.25) is 0 Å². The minimum Gasteiger partial charge on any atom is -0.383 e. The lowest BCUT2D eigenvalue weighted by atomic mass is 10.2. The van der Waals surface area contributed by atoms with Crippen LogP contribution in [0.1, 0.15) is 13.3 Å². The van der Waals surface area contributed by atoms with Crippen LogP contribution in [0.2, 0.25) is 0 Å². The van der Waals surface area contributed by atoms with Gasteiger partial charge in [0.05, 0.1) is 26.4 Å². The van der Waals surface area contributed by atoms with E-state index in [2.05, 4.69) is 34.0 Å². The van der Waals surface area contributed by atoms with E-state index in [1.165, 1.54) is 6.42 Å². The quantitative estimate of drug-likeness (QED) is 0.493. The van der Waals surface area contributed by atoms with Crippen molar-refractivity contribution in [2.45, 2.75) is 19.4 Å². The molecule has 0 aromatic rings. The van der Waals surface area contributed by atoms with Gasteiger partial charge >= 0.3 is 0 Å². The third-order valence-electron chi connectivity index (χ3n) is 4.78. The number of guanidine groups is 1. The number of aliphatic imine (C=N–C) groups is 1. The Morgan fingerprint density at radius 1 is 1.29 bits per heavy atom. The van der Waals surface area contributed by atoms with Crippen molar-refractivity contribution in [3.8, 4) is 0 Å². The molecule has 1 atom stereocenters. The number of methoxy groups -OCH3 is 1. The van der Waals surface area contributed by atoms with Gasteiger partial charge in [-0.1, -0.05) is 0 Å². The molecule has 0 bridgehead atoms. The predicted molar refractivity (Wildman–Crippen MR) is 97.7 cm³/mol. The highest BCUT2D eigenvalue weighted by Crippen LogP contribution is 2.17. The monoisotopic (exact) mass is 341 g/mol. The number of hydrogen-bond donors (Lipinski definition) is 1. The second kappa shape index (κ2) is 10.9. The molecule has 0 saturated carbocycles. The maximum Gasteiger partial charge on any atom is 0.194 e. The minimum atomic E-state index is 0.641. The van der Waals surface area contributed by atoms with Gasteiger partial charge in [0.15, 0.2) is 5.96 Å². The normalized spacial score (nSPS) is 23.2. The number of rotatable bonds is 8. The van der Waals surface area contributed by atoms with Crippen LogP contribution in [0.25, 0.3) is 0 Å². The fourth-order valence-corrected chi connectivity index (χ4v) is 3.29. The zero-order valence-electron chi connectivity index (χ0n) is 15.7. The summed E-state index contributed by atoms with van der Waals surface area (Å²) in [5, 5.41) is 3.45. The van der Waals surface area contributed by atoms with Crippen LogP contribution in [0.4, 0.5) is 0 Å². The Morgan fingerprint density at radius 3 is 2.79 bits per heavy atom. The van der Waals surface area contributed by atoms with Crippen LogP contribution in [0.15, 0.2) is 4.99 Å². The topological polar surface area (TPSA) is 52.6 Å². The van der Waals surface area contributed by atoms with Gasteiger partial charge in [0.1, 0.15) is 0 Å². The molecule has 2 fully saturated rings. The second-order valence-electron chi connectivity index (χ2n) is 6.57. The molecule has 140 valence electrons. The summed E-state index contributed by atoms with van der Waals surface area (Å²) < 4.78 is 10.6. The van der Waals surface area contributed by atoms with Crippen molar-refractivity contribution in [2.24, 2.45) is 4.99 Å². The highest BCUT2D eigenvalue weighted by atomic mass is 16.5. The lowest BCUT2D eigenvalue weighted by Gasteiger charge is -2.32. The minimum absolute atomic E-state index is 0.641. The zero-order valence-corrected chi connectivity index (χ0v) is 15.7. The lowest BCUT2D eigenvalue weighted by molar-refractivity contribution is 0.0195. The molecule has 0 radical (unpaired) electrons. The number of likely N-dealkylation sites (N-methyl/N-ethyl adjacent to an activating group) is 1. The molecule has 2 saturated heterocycles. The highest BCUT2D eigenvalue weighted by Gasteiger charge is 2.30. The number of hydrogen-bond acceptors (Lipinski definition) is 5. The van der Waals surface area contributed by atoms with E-state index in [4.69, 9.17) is 14.5 Å². The average molecular weight is 342 g/mol. The summed E-state index contributed by atoms with van der Waals surface area (Å²) in [7, 11) is 3.86. The fraction of sp³-hybridized carbons (Fsp3) is 0.941. The molecular weight excluding hydrogens is 306 g/mol. The summed E-state index contributed by atoms with van der Waals surface area (Å²) in [5.41, 5.74) is 0. The first-order valence-electron chi connectivity index (χ1n) is 9.27. The van der Waals surface area contributed by atoms with Gasteiger partial charge in [-0.25, -0.2) is 0 Å². The third-order valence-corrected chi connectivity index (χ3v) is 4.78. The van der Waals surface area contributed by atoms with Crippen LogP contribution in [-0.4, -0.2) is 113 Å². The van der Waals surface area contributed by atoms with E-state index >= 15 is 0 Å². The van der Waals surface area contributed by atoms with Gasteiger partial charge in [-0.15, -0.1) is 0 Å². The molecule has 7 heteroatoms. The Morgan fingerprint density at radius 2 is 2.08 bits per heavy atom. The van der Waals surface area contributed by atoms with Gasteiger partial charge in [0, 0.05) is 59.0 Å². The van der Waals surface area contributed by atoms with Crippen LogP contribution < -0.4 is 5.32 Å². The molecule has 7 nitrogen and oxygen atoms in total. The van der Waals surface area contributed by atoms with Crippen LogP contribution >= 0.6 is 0 Å². The van der Waals surface area contributed by atoms with Crippen LogP contribution in [-0.2, 0) is 9.47 Å². The van der Waals surface area contributed by atoms with E-state index in [9.17, 15) is 0 Å². The summed E-state index contributed by atoms with van der Waals surface area (Å²) in [4.78, 5) is 12.1. The smallest absolute Gasteiger partial charge is 0.194 e. The largest absolute Gasteiger partial charge is 0.383 e.